The number of piperidine rings is 1. The van der Waals surface area contributed by atoms with Gasteiger partial charge in [-0.2, -0.15) is 4.98 Å². The third-order valence-electron chi connectivity index (χ3n) is 6.49. The molecule has 39 heavy (non-hydrogen) atoms. The Balaban J connectivity index is 1.28. The number of rotatable bonds is 7. The fraction of sp³-hybridized carbons (Fsp3) is 0.400. The second-order valence-corrected chi connectivity index (χ2v) is 10.5. The van der Waals surface area contributed by atoms with E-state index < -0.39 is 5.91 Å². The van der Waals surface area contributed by atoms with Crippen LogP contribution in [0.3, 0.4) is 0 Å². The van der Waals surface area contributed by atoms with Gasteiger partial charge in [-0.25, -0.2) is 4.98 Å². The minimum atomic E-state index is -0.771. The average molecular weight is 552 g/mol. The van der Waals surface area contributed by atoms with Crippen molar-refractivity contribution in [1.82, 2.24) is 30.4 Å². The van der Waals surface area contributed by atoms with Crippen molar-refractivity contribution in [3.8, 4) is 0 Å². The molecular weight excluding hydrogens is 522 g/mol. The summed E-state index contributed by atoms with van der Waals surface area (Å²) in [5.74, 6) is -0.522. The number of anilines is 3. The highest BCUT2D eigenvalue weighted by atomic mass is 32.1. The maximum atomic E-state index is 12.7. The van der Waals surface area contributed by atoms with Crippen molar-refractivity contribution in [2.45, 2.75) is 25.8 Å². The number of carbonyl (C=O) groups is 3. The third kappa shape index (κ3) is 6.29. The normalized spacial score (nSPS) is 17.5. The van der Waals surface area contributed by atoms with Gasteiger partial charge in [0, 0.05) is 43.5 Å². The second kappa shape index (κ2) is 11.7. The molecule has 3 aromatic rings. The van der Waals surface area contributed by atoms with Gasteiger partial charge in [0.15, 0.2) is 11.5 Å². The summed E-state index contributed by atoms with van der Waals surface area (Å²) in [6, 6.07) is 6.77. The van der Waals surface area contributed by atoms with Crippen LogP contribution in [-0.4, -0.2) is 88.2 Å². The molecule has 2 saturated heterocycles. The minimum Gasteiger partial charge on any atom is -0.378 e. The van der Waals surface area contributed by atoms with Crippen molar-refractivity contribution in [2.24, 2.45) is 5.73 Å². The lowest BCUT2D eigenvalue weighted by atomic mass is 10.1. The Kier molecular flexibility index (Phi) is 7.93. The standard InChI is InChI=1S/C25H29N9O4S/c1-15-27-13-19(39-15)23(36)29-18-3-2-8-34(14-18)25-30-22(20(21(26)35)31-32-25)28-17-6-4-16(5-7-17)24(37)33-9-11-38-12-10-33/h4-7,13,18H,2-3,8-12,14H2,1H3,(H2,26,35)(H,29,36)(H,28,30,32)/t18-/m1/s1. The lowest BCUT2D eigenvalue weighted by molar-refractivity contribution is 0.0303. The number of benzene rings is 1. The highest BCUT2D eigenvalue weighted by molar-refractivity contribution is 7.13. The summed E-state index contributed by atoms with van der Waals surface area (Å²) in [7, 11) is 0. The number of thiazole rings is 1. The van der Waals surface area contributed by atoms with Crippen LogP contribution in [0.15, 0.2) is 30.5 Å². The molecular formula is C25H29N9O4S. The molecule has 0 spiro atoms. The van der Waals surface area contributed by atoms with Crippen molar-refractivity contribution in [3.05, 3.63) is 51.6 Å². The number of nitrogens with zero attached hydrogens (tertiary/aromatic N) is 6. The minimum absolute atomic E-state index is 0.0640. The summed E-state index contributed by atoms with van der Waals surface area (Å²) in [5, 5.41) is 15.1. The van der Waals surface area contributed by atoms with E-state index in [-0.39, 0.29) is 29.4 Å². The molecule has 1 aromatic carbocycles. The van der Waals surface area contributed by atoms with Crippen molar-refractivity contribution in [2.75, 3.05) is 49.6 Å². The number of carbonyl (C=O) groups excluding carboxylic acids is 3. The number of nitrogens with two attached hydrogens (primary N) is 1. The van der Waals surface area contributed by atoms with E-state index in [0.717, 1.165) is 17.8 Å². The predicted molar refractivity (Wildman–Crippen MR) is 144 cm³/mol. The summed E-state index contributed by atoms with van der Waals surface area (Å²) in [6.45, 7) is 5.18. The van der Waals surface area contributed by atoms with Crippen molar-refractivity contribution in [1.29, 1.82) is 0 Å². The molecule has 2 aliphatic heterocycles. The quantitative estimate of drug-likeness (QED) is 0.390. The maximum absolute atomic E-state index is 12.7. The van der Waals surface area contributed by atoms with Crippen LogP contribution in [0.4, 0.5) is 17.5 Å². The van der Waals surface area contributed by atoms with Gasteiger partial charge in [-0.3, -0.25) is 14.4 Å². The van der Waals surface area contributed by atoms with E-state index >= 15 is 0 Å². The van der Waals surface area contributed by atoms with Crippen LogP contribution < -0.4 is 21.3 Å². The average Bonchev–Trinajstić information content (AvgIpc) is 3.40. The number of hydrogen-bond donors (Lipinski definition) is 3. The first kappa shape index (κ1) is 26.4. The monoisotopic (exact) mass is 551 g/mol. The summed E-state index contributed by atoms with van der Waals surface area (Å²) < 4.78 is 5.31. The van der Waals surface area contributed by atoms with E-state index in [2.05, 4.69) is 30.8 Å². The van der Waals surface area contributed by atoms with Gasteiger partial charge in [0.25, 0.3) is 17.7 Å². The summed E-state index contributed by atoms with van der Waals surface area (Å²) in [5.41, 5.74) is 6.58. The number of aromatic nitrogens is 4. The number of primary amides is 1. The Morgan fingerprint density at radius 2 is 1.87 bits per heavy atom. The van der Waals surface area contributed by atoms with Crippen LogP contribution in [0.5, 0.6) is 0 Å². The van der Waals surface area contributed by atoms with Gasteiger partial charge in [-0.05, 0) is 44.0 Å². The van der Waals surface area contributed by atoms with Gasteiger partial charge in [0.2, 0.25) is 5.95 Å². The van der Waals surface area contributed by atoms with E-state index in [1.165, 1.54) is 11.3 Å². The van der Waals surface area contributed by atoms with E-state index in [1.54, 1.807) is 35.4 Å². The molecule has 2 aromatic heterocycles. The van der Waals surface area contributed by atoms with Crippen molar-refractivity contribution < 1.29 is 19.1 Å². The second-order valence-electron chi connectivity index (χ2n) is 9.28. The van der Waals surface area contributed by atoms with Gasteiger partial charge in [-0.15, -0.1) is 21.5 Å². The van der Waals surface area contributed by atoms with Crippen LogP contribution in [0.1, 0.15) is 48.4 Å². The molecule has 4 heterocycles. The zero-order chi connectivity index (χ0) is 27.4. The molecule has 0 aliphatic carbocycles. The van der Waals surface area contributed by atoms with Gasteiger partial charge in [-0.1, -0.05) is 0 Å². The number of morpholine rings is 1. The first-order valence-corrected chi connectivity index (χ1v) is 13.5. The molecule has 0 bridgehead atoms. The fourth-order valence-corrected chi connectivity index (χ4v) is 5.17. The van der Waals surface area contributed by atoms with Gasteiger partial charge in [0.05, 0.1) is 24.4 Å². The molecule has 3 amide bonds. The van der Waals surface area contributed by atoms with E-state index in [9.17, 15) is 14.4 Å². The van der Waals surface area contributed by atoms with Gasteiger partial charge in [0.1, 0.15) is 4.88 Å². The third-order valence-corrected chi connectivity index (χ3v) is 7.40. The van der Waals surface area contributed by atoms with Crippen molar-refractivity contribution >= 4 is 46.5 Å². The molecule has 1 atom stereocenters. The Labute approximate surface area is 228 Å². The molecule has 13 nitrogen and oxygen atoms in total. The first-order chi connectivity index (χ1) is 18.9. The van der Waals surface area contributed by atoms with E-state index in [4.69, 9.17) is 10.5 Å². The number of hydrogen-bond acceptors (Lipinski definition) is 11. The van der Waals surface area contributed by atoms with E-state index in [0.29, 0.717) is 61.5 Å². The highest BCUT2D eigenvalue weighted by Crippen LogP contribution is 2.23. The van der Waals surface area contributed by atoms with Crippen LogP contribution >= 0.6 is 11.3 Å². The number of amides is 3. The van der Waals surface area contributed by atoms with Crippen LogP contribution in [0, 0.1) is 6.92 Å². The Bertz CT molecular complexity index is 1360. The molecule has 204 valence electrons. The molecule has 0 radical (unpaired) electrons. The van der Waals surface area contributed by atoms with Crippen LogP contribution in [-0.2, 0) is 4.74 Å². The summed E-state index contributed by atoms with van der Waals surface area (Å²) in [6.07, 6.45) is 3.21. The molecule has 2 aliphatic rings. The topological polar surface area (TPSA) is 169 Å². The molecule has 14 heteroatoms. The number of ether oxygens (including phenoxy) is 1. The van der Waals surface area contributed by atoms with E-state index in [1.807, 2.05) is 11.8 Å². The summed E-state index contributed by atoms with van der Waals surface area (Å²) >= 11 is 1.35. The lowest BCUT2D eigenvalue weighted by Crippen LogP contribution is -2.48. The van der Waals surface area contributed by atoms with Crippen molar-refractivity contribution in [3.63, 3.8) is 0 Å². The highest BCUT2D eigenvalue weighted by Gasteiger charge is 2.26. The van der Waals surface area contributed by atoms with Crippen LogP contribution in [0.2, 0.25) is 0 Å². The smallest absolute Gasteiger partial charge is 0.273 e. The number of aryl methyl sites for hydroxylation is 1. The summed E-state index contributed by atoms with van der Waals surface area (Å²) in [4.78, 5) is 50.3. The molecule has 2 fully saturated rings. The van der Waals surface area contributed by atoms with Crippen LogP contribution in [0.25, 0.3) is 0 Å². The zero-order valence-corrected chi connectivity index (χ0v) is 22.2. The SMILES string of the molecule is Cc1ncc(C(=O)N[C@@H]2CCCN(c3nnc(C(N)=O)c(Nc4ccc(C(=O)N5CCOCC5)cc4)n3)C2)s1. The Morgan fingerprint density at radius 1 is 1.10 bits per heavy atom. The number of nitrogens with one attached hydrogen (secondary N) is 2. The molecule has 4 N–H and O–H groups in total. The zero-order valence-electron chi connectivity index (χ0n) is 21.4. The molecule has 5 rings (SSSR count). The molecule has 0 saturated carbocycles. The van der Waals surface area contributed by atoms with Gasteiger partial charge >= 0.3 is 0 Å². The maximum Gasteiger partial charge on any atom is 0.273 e. The lowest BCUT2D eigenvalue weighted by Gasteiger charge is -2.33. The largest absolute Gasteiger partial charge is 0.378 e. The Morgan fingerprint density at radius 3 is 2.56 bits per heavy atom. The van der Waals surface area contributed by atoms with Gasteiger partial charge < -0.3 is 30.9 Å². The fourth-order valence-electron chi connectivity index (χ4n) is 4.49. The Hall–Kier alpha value is -4.17. The molecule has 0 unspecified atom stereocenters. The predicted octanol–water partition coefficient (Wildman–Crippen LogP) is 1.35. The first-order valence-electron chi connectivity index (χ1n) is 12.6.